The number of aromatic amines is 1. The number of carbonyl (C=O) groups excluding carboxylic acids is 2. The molecule has 6 N–H and O–H groups in total. The Morgan fingerprint density at radius 3 is 2.32 bits per heavy atom. The van der Waals surface area contributed by atoms with Gasteiger partial charge in [0.05, 0.1) is 6.04 Å². The van der Waals surface area contributed by atoms with Crippen LogP contribution in [0.15, 0.2) is 60.8 Å². The van der Waals surface area contributed by atoms with E-state index in [4.69, 9.17) is 5.73 Å². The first-order valence-corrected chi connectivity index (χ1v) is 11.5. The zero-order valence-corrected chi connectivity index (χ0v) is 19.5. The van der Waals surface area contributed by atoms with Crippen molar-refractivity contribution in [3.63, 3.8) is 0 Å². The molecule has 0 saturated carbocycles. The zero-order valence-electron chi connectivity index (χ0n) is 19.5. The molecule has 2 aromatic carbocycles. The summed E-state index contributed by atoms with van der Waals surface area (Å²) in [6.45, 7) is 3.63. The SMILES string of the molecule is CCC(C)C(NC(=O)C(Cc1ccccc1)NC(=O)C(N)Cc1c[nH]c2ccccc12)C(=O)O. The van der Waals surface area contributed by atoms with Gasteiger partial charge in [-0.3, -0.25) is 9.59 Å². The number of para-hydroxylation sites is 1. The summed E-state index contributed by atoms with van der Waals surface area (Å²) in [4.78, 5) is 40.9. The van der Waals surface area contributed by atoms with Gasteiger partial charge in [0.1, 0.15) is 12.1 Å². The summed E-state index contributed by atoms with van der Waals surface area (Å²) >= 11 is 0. The van der Waals surface area contributed by atoms with Gasteiger partial charge in [-0.05, 0) is 29.5 Å². The van der Waals surface area contributed by atoms with E-state index in [2.05, 4.69) is 15.6 Å². The van der Waals surface area contributed by atoms with Gasteiger partial charge in [0.2, 0.25) is 11.8 Å². The van der Waals surface area contributed by atoms with Crippen molar-refractivity contribution in [3.8, 4) is 0 Å². The van der Waals surface area contributed by atoms with Gasteiger partial charge in [0.15, 0.2) is 0 Å². The molecule has 3 rings (SSSR count). The third-order valence-electron chi connectivity index (χ3n) is 6.14. The molecule has 0 radical (unpaired) electrons. The number of H-pyrrole nitrogens is 1. The number of hydrogen-bond acceptors (Lipinski definition) is 4. The zero-order chi connectivity index (χ0) is 24.7. The number of nitrogens with one attached hydrogen (secondary N) is 3. The highest BCUT2D eigenvalue weighted by atomic mass is 16.4. The molecule has 0 aliphatic heterocycles. The van der Waals surface area contributed by atoms with Crippen LogP contribution in [-0.4, -0.2) is 46.0 Å². The van der Waals surface area contributed by atoms with Crippen molar-refractivity contribution >= 4 is 28.7 Å². The van der Waals surface area contributed by atoms with E-state index in [1.807, 2.05) is 67.7 Å². The lowest BCUT2D eigenvalue weighted by Crippen LogP contribution is -2.56. The number of aliphatic carboxylic acids is 1. The van der Waals surface area contributed by atoms with E-state index in [-0.39, 0.29) is 12.3 Å². The molecule has 8 heteroatoms. The third kappa shape index (κ3) is 6.23. The molecule has 0 aliphatic carbocycles. The maximum Gasteiger partial charge on any atom is 0.326 e. The third-order valence-corrected chi connectivity index (χ3v) is 6.14. The van der Waals surface area contributed by atoms with Gasteiger partial charge in [0, 0.05) is 23.5 Å². The summed E-state index contributed by atoms with van der Waals surface area (Å²) in [5.41, 5.74) is 8.91. The lowest BCUT2D eigenvalue weighted by molar-refractivity contribution is -0.143. The van der Waals surface area contributed by atoms with Gasteiger partial charge < -0.3 is 26.5 Å². The summed E-state index contributed by atoms with van der Waals surface area (Å²) in [5.74, 6) is -2.40. The number of hydrogen-bond donors (Lipinski definition) is 5. The van der Waals surface area contributed by atoms with Crippen molar-refractivity contribution in [2.45, 2.75) is 51.2 Å². The fourth-order valence-corrected chi connectivity index (χ4v) is 3.90. The van der Waals surface area contributed by atoms with Gasteiger partial charge in [0.25, 0.3) is 0 Å². The lowest BCUT2D eigenvalue weighted by atomic mass is 9.98. The van der Waals surface area contributed by atoms with Crippen molar-refractivity contribution in [1.29, 1.82) is 0 Å². The van der Waals surface area contributed by atoms with Crippen molar-refractivity contribution < 1.29 is 19.5 Å². The summed E-state index contributed by atoms with van der Waals surface area (Å²) in [7, 11) is 0. The Balaban J connectivity index is 1.74. The fourth-order valence-electron chi connectivity index (χ4n) is 3.90. The predicted molar refractivity (Wildman–Crippen MR) is 131 cm³/mol. The number of amides is 2. The molecule has 0 fully saturated rings. The standard InChI is InChI=1S/C26H32N4O4/c1-3-16(2)23(26(33)34)30-25(32)22(13-17-9-5-4-6-10-17)29-24(31)20(27)14-18-15-28-21-12-8-7-11-19(18)21/h4-12,15-16,20,22-23,28H,3,13-14,27H2,1-2H3,(H,29,31)(H,30,32)(H,33,34). The van der Waals surface area contributed by atoms with Crippen LogP contribution >= 0.6 is 0 Å². The molecule has 1 heterocycles. The minimum Gasteiger partial charge on any atom is -0.480 e. The maximum atomic E-state index is 13.1. The van der Waals surface area contributed by atoms with Crippen LogP contribution in [0.4, 0.5) is 0 Å². The van der Waals surface area contributed by atoms with E-state index < -0.39 is 35.9 Å². The minimum atomic E-state index is -1.11. The van der Waals surface area contributed by atoms with Crippen LogP contribution in [-0.2, 0) is 27.2 Å². The molecule has 1 aromatic heterocycles. The van der Waals surface area contributed by atoms with Crippen molar-refractivity contribution in [2.75, 3.05) is 0 Å². The normalized spacial score (nSPS) is 14.7. The van der Waals surface area contributed by atoms with Crippen LogP contribution in [0.3, 0.4) is 0 Å². The number of benzene rings is 2. The average Bonchev–Trinajstić information content (AvgIpc) is 3.24. The Kier molecular flexibility index (Phi) is 8.43. The van der Waals surface area contributed by atoms with E-state index in [1.54, 1.807) is 6.92 Å². The van der Waals surface area contributed by atoms with Crippen LogP contribution in [0.5, 0.6) is 0 Å². The first-order chi connectivity index (χ1) is 16.3. The number of aromatic nitrogens is 1. The second-order valence-corrected chi connectivity index (χ2v) is 8.63. The Morgan fingerprint density at radius 1 is 0.971 bits per heavy atom. The average molecular weight is 465 g/mol. The Bertz CT molecular complexity index is 1130. The number of rotatable bonds is 11. The topological polar surface area (TPSA) is 137 Å². The second-order valence-electron chi connectivity index (χ2n) is 8.63. The molecular formula is C26H32N4O4. The van der Waals surface area contributed by atoms with Gasteiger partial charge in [-0.15, -0.1) is 0 Å². The molecule has 180 valence electrons. The van der Waals surface area contributed by atoms with Gasteiger partial charge in [-0.25, -0.2) is 4.79 Å². The molecule has 0 saturated heterocycles. The monoisotopic (exact) mass is 464 g/mol. The summed E-state index contributed by atoms with van der Waals surface area (Å²) in [6, 6.07) is 14.1. The molecule has 4 unspecified atom stereocenters. The number of fused-ring (bicyclic) bond motifs is 1. The van der Waals surface area contributed by atoms with E-state index >= 15 is 0 Å². The van der Waals surface area contributed by atoms with Crippen molar-refractivity contribution in [1.82, 2.24) is 15.6 Å². The Labute approximate surface area is 198 Å². The molecular weight excluding hydrogens is 432 g/mol. The molecule has 2 amide bonds. The lowest BCUT2D eigenvalue weighted by Gasteiger charge is -2.25. The Morgan fingerprint density at radius 2 is 1.65 bits per heavy atom. The van der Waals surface area contributed by atoms with Gasteiger partial charge >= 0.3 is 5.97 Å². The largest absolute Gasteiger partial charge is 0.480 e. The van der Waals surface area contributed by atoms with Crippen molar-refractivity contribution in [3.05, 3.63) is 71.9 Å². The molecule has 3 aromatic rings. The Hall–Kier alpha value is -3.65. The van der Waals surface area contributed by atoms with Crippen LogP contribution in [0.2, 0.25) is 0 Å². The number of nitrogens with two attached hydrogens (primary N) is 1. The molecule has 8 nitrogen and oxygen atoms in total. The first kappa shape index (κ1) is 25.0. The number of carbonyl (C=O) groups is 3. The van der Waals surface area contributed by atoms with E-state index in [0.717, 1.165) is 22.0 Å². The summed E-state index contributed by atoms with van der Waals surface area (Å²) in [6.07, 6.45) is 2.92. The quantitative estimate of drug-likeness (QED) is 0.297. The van der Waals surface area contributed by atoms with Crippen LogP contribution in [0, 0.1) is 5.92 Å². The highest BCUT2D eigenvalue weighted by Gasteiger charge is 2.30. The summed E-state index contributed by atoms with van der Waals surface area (Å²) < 4.78 is 0. The van der Waals surface area contributed by atoms with Gasteiger partial charge in [-0.1, -0.05) is 68.8 Å². The minimum absolute atomic E-state index is 0.213. The predicted octanol–water partition coefficient (Wildman–Crippen LogP) is 2.38. The van der Waals surface area contributed by atoms with Crippen LogP contribution in [0.25, 0.3) is 10.9 Å². The molecule has 4 atom stereocenters. The van der Waals surface area contributed by atoms with Crippen molar-refractivity contribution in [2.24, 2.45) is 11.7 Å². The maximum absolute atomic E-state index is 13.1. The fraction of sp³-hybridized carbons (Fsp3) is 0.346. The highest BCUT2D eigenvalue weighted by molar-refractivity contribution is 5.92. The molecule has 0 bridgehead atoms. The molecule has 0 aliphatic rings. The smallest absolute Gasteiger partial charge is 0.326 e. The molecule has 0 spiro atoms. The molecule has 34 heavy (non-hydrogen) atoms. The first-order valence-electron chi connectivity index (χ1n) is 11.5. The van der Waals surface area contributed by atoms with E-state index in [1.165, 1.54) is 0 Å². The number of carboxylic acid groups (broad SMARTS) is 1. The van der Waals surface area contributed by atoms with Gasteiger partial charge in [-0.2, -0.15) is 0 Å². The van der Waals surface area contributed by atoms with E-state index in [9.17, 15) is 19.5 Å². The second kappa shape index (κ2) is 11.5. The summed E-state index contributed by atoms with van der Waals surface area (Å²) in [5, 5.41) is 15.9. The highest BCUT2D eigenvalue weighted by Crippen LogP contribution is 2.19. The van der Waals surface area contributed by atoms with Crippen LogP contribution in [0.1, 0.15) is 31.4 Å². The van der Waals surface area contributed by atoms with Crippen LogP contribution < -0.4 is 16.4 Å². The number of carboxylic acids is 1. The van der Waals surface area contributed by atoms with E-state index in [0.29, 0.717) is 12.8 Å².